The van der Waals surface area contributed by atoms with Gasteiger partial charge in [0, 0.05) is 18.6 Å². The van der Waals surface area contributed by atoms with Crippen molar-refractivity contribution in [3.8, 4) is 0 Å². The molecule has 1 radical (unpaired) electrons. The molecule has 0 fully saturated rings. The molecular weight excluding hydrogens is 142 g/mol. The fourth-order valence-corrected chi connectivity index (χ4v) is 0. The summed E-state index contributed by atoms with van der Waals surface area (Å²) in [6.45, 7) is 0. The van der Waals surface area contributed by atoms with Crippen molar-refractivity contribution >= 4 is 29.6 Å². The summed E-state index contributed by atoms with van der Waals surface area (Å²) in [5.74, 6) is 0. The summed E-state index contributed by atoms with van der Waals surface area (Å²) in [6.07, 6.45) is 0. The van der Waals surface area contributed by atoms with E-state index < -0.39 is 0 Å². The van der Waals surface area contributed by atoms with Crippen LogP contribution in [0.5, 0.6) is 0 Å². The molecule has 0 amide bonds. The standard InChI is InChI=1S/Cr.Na.O.V.H. The second-order valence-electron chi connectivity index (χ2n) is 0. The maximum atomic E-state index is 8.12. The fourth-order valence-electron chi connectivity index (χ4n) is 0. The molecule has 0 aromatic heterocycles. The molecule has 19 valence electrons. The molecule has 0 rings (SSSR count). The second kappa shape index (κ2) is 20.5. The van der Waals surface area contributed by atoms with Crippen molar-refractivity contribution in [1.82, 2.24) is 0 Å². The Balaban J connectivity index is -0.00000000500. The largest absolute Gasteiger partial charge is 0 e. The number of hydrogen-bond donors (Lipinski definition) is 0. The molecular formula is HCrNaOV. The Morgan fingerprint density at radius 2 is 1.25 bits per heavy atom. The third kappa shape index (κ3) is 9.07. The first kappa shape index (κ1) is 16.8. The van der Waals surface area contributed by atoms with Crippen LogP contribution in [0.2, 0.25) is 0 Å². The Morgan fingerprint density at radius 1 is 1.25 bits per heavy atom. The van der Waals surface area contributed by atoms with Gasteiger partial charge >= 0.3 is 49.6 Å². The van der Waals surface area contributed by atoms with Crippen LogP contribution in [0.4, 0.5) is 0 Å². The molecule has 0 spiro atoms. The van der Waals surface area contributed by atoms with Gasteiger partial charge in [0.15, 0.2) is 0 Å². The molecule has 0 aliphatic carbocycles. The van der Waals surface area contributed by atoms with Crippen molar-refractivity contribution in [1.29, 1.82) is 0 Å². The van der Waals surface area contributed by atoms with E-state index in [2.05, 4.69) is 0 Å². The molecule has 4 heavy (non-hydrogen) atoms. The van der Waals surface area contributed by atoms with Crippen molar-refractivity contribution in [2.75, 3.05) is 0 Å². The minimum Gasteiger partial charge on any atom is 0 e. The van der Waals surface area contributed by atoms with E-state index >= 15 is 0 Å². The molecule has 0 aromatic rings. The smallest absolute Gasteiger partial charge is 0 e. The van der Waals surface area contributed by atoms with Gasteiger partial charge in [-0.25, -0.2) is 0 Å². The Bertz CT molecular complexity index is 8.00. The second-order valence-corrected chi connectivity index (χ2v) is 0. The Kier molecular flexibility index (Phi) is 86.3. The average molecular weight is 143 g/mol. The molecule has 0 bridgehead atoms. The number of hydrogen-bond acceptors (Lipinski definition) is 1. The maximum Gasteiger partial charge on any atom is 0 e. The average Bonchev–Trinajstić information content (AvgIpc) is 1.00. The van der Waals surface area contributed by atoms with E-state index in [4.69, 9.17) is 3.80 Å². The van der Waals surface area contributed by atoms with Crippen LogP contribution in [0.25, 0.3) is 0 Å². The van der Waals surface area contributed by atoms with Crippen LogP contribution in [0.15, 0.2) is 0 Å². The quantitative estimate of drug-likeness (QED) is 0.407. The van der Waals surface area contributed by atoms with Crippen LogP contribution in [-0.2, 0) is 38.6 Å². The van der Waals surface area contributed by atoms with Gasteiger partial charge in [-0.1, -0.05) is 0 Å². The zero-order chi connectivity index (χ0) is 2.00. The van der Waals surface area contributed by atoms with Crippen molar-refractivity contribution in [3.63, 3.8) is 0 Å². The van der Waals surface area contributed by atoms with Crippen molar-refractivity contribution in [2.45, 2.75) is 0 Å². The van der Waals surface area contributed by atoms with E-state index in [1.807, 2.05) is 0 Å². The zero-order valence-corrected chi connectivity index (χ0v) is 3.94. The Hall–Kier alpha value is 1.92. The van der Waals surface area contributed by atoms with Crippen LogP contribution in [0.3, 0.4) is 0 Å². The van der Waals surface area contributed by atoms with E-state index in [0.717, 1.165) is 0 Å². The fraction of sp³-hybridized carbons (Fsp3) is 0. The van der Waals surface area contributed by atoms with Gasteiger partial charge in [-0.3, -0.25) is 0 Å². The van der Waals surface area contributed by atoms with Gasteiger partial charge in [0.05, 0.1) is 0 Å². The summed E-state index contributed by atoms with van der Waals surface area (Å²) in [5, 5.41) is 0. The first-order chi connectivity index (χ1) is 1.00. The third-order valence-corrected chi connectivity index (χ3v) is 0. The first-order valence-electron chi connectivity index (χ1n) is 0.167. The molecule has 0 saturated carbocycles. The molecule has 4 heteroatoms. The van der Waals surface area contributed by atoms with Crippen LogP contribution in [-0.4, -0.2) is 29.6 Å². The summed E-state index contributed by atoms with van der Waals surface area (Å²) in [5.41, 5.74) is 0. The zero-order valence-electron chi connectivity index (χ0n) is 1.26. The third-order valence-electron chi connectivity index (χ3n) is 0. The van der Waals surface area contributed by atoms with Crippen molar-refractivity contribution in [2.24, 2.45) is 0 Å². The van der Waals surface area contributed by atoms with E-state index in [-0.39, 0.29) is 48.1 Å². The molecule has 1 nitrogen and oxygen atoms in total. The van der Waals surface area contributed by atoms with E-state index in [1.165, 1.54) is 16.2 Å². The topological polar surface area (TPSA) is 17.1 Å². The normalized spacial score (nSPS) is 1.00. The summed E-state index contributed by atoms with van der Waals surface area (Å²) < 4.78 is 8.12. The summed E-state index contributed by atoms with van der Waals surface area (Å²) >= 11 is 1.38. The SMILES string of the molecule is [NaH].[O]=[Cr].[V]. The van der Waals surface area contributed by atoms with E-state index in [9.17, 15) is 0 Å². The molecule has 0 aromatic carbocycles. The predicted molar refractivity (Wildman–Crippen MR) is 7.84 cm³/mol. The van der Waals surface area contributed by atoms with Gasteiger partial charge in [-0.15, -0.1) is 0 Å². The van der Waals surface area contributed by atoms with Gasteiger partial charge in [0.1, 0.15) is 0 Å². The maximum absolute atomic E-state index is 8.12. The molecule has 0 heterocycles. The van der Waals surface area contributed by atoms with Gasteiger partial charge in [-0.05, 0) is 0 Å². The Morgan fingerprint density at radius 3 is 1.25 bits per heavy atom. The van der Waals surface area contributed by atoms with E-state index in [1.54, 1.807) is 0 Å². The predicted octanol–water partition coefficient (Wildman–Crippen LogP) is -0.772. The minimum atomic E-state index is 0. The monoisotopic (exact) mass is 143 g/mol. The molecule has 0 unspecified atom stereocenters. The molecule has 0 N–H and O–H groups in total. The summed E-state index contributed by atoms with van der Waals surface area (Å²) in [4.78, 5) is 0. The van der Waals surface area contributed by atoms with Crippen molar-refractivity contribution < 1.29 is 38.6 Å². The minimum absolute atomic E-state index is 0. The van der Waals surface area contributed by atoms with Crippen molar-refractivity contribution in [3.05, 3.63) is 0 Å². The summed E-state index contributed by atoms with van der Waals surface area (Å²) in [7, 11) is 0. The van der Waals surface area contributed by atoms with E-state index in [0.29, 0.717) is 0 Å². The van der Waals surface area contributed by atoms with Gasteiger partial charge < -0.3 is 0 Å². The Labute approximate surface area is 67.3 Å². The van der Waals surface area contributed by atoms with Crippen LogP contribution < -0.4 is 0 Å². The van der Waals surface area contributed by atoms with Gasteiger partial charge in [0.25, 0.3) is 0 Å². The first-order valence-corrected chi connectivity index (χ1v) is 0.687. The summed E-state index contributed by atoms with van der Waals surface area (Å²) in [6, 6.07) is 0. The van der Waals surface area contributed by atoms with Crippen LogP contribution in [0, 0.1) is 0 Å². The molecule has 0 saturated heterocycles. The molecule has 0 aliphatic rings. The van der Waals surface area contributed by atoms with Gasteiger partial charge in [0.2, 0.25) is 0 Å². The van der Waals surface area contributed by atoms with Crippen LogP contribution >= 0.6 is 0 Å². The molecule has 0 aliphatic heterocycles. The number of rotatable bonds is 0. The van der Waals surface area contributed by atoms with Crippen LogP contribution in [0.1, 0.15) is 0 Å². The molecule has 0 atom stereocenters. The van der Waals surface area contributed by atoms with Gasteiger partial charge in [-0.2, -0.15) is 0 Å².